The summed E-state index contributed by atoms with van der Waals surface area (Å²) in [6.07, 6.45) is 4.06. The smallest absolute Gasteiger partial charge is 0.316 e. The van der Waals surface area contributed by atoms with E-state index in [4.69, 9.17) is 4.74 Å². The van der Waals surface area contributed by atoms with Crippen molar-refractivity contribution < 1.29 is 9.53 Å². The normalized spacial score (nSPS) is 14.0. The second kappa shape index (κ2) is 9.19. The van der Waals surface area contributed by atoms with Gasteiger partial charge in [-0.2, -0.15) is 0 Å². The summed E-state index contributed by atoms with van der Waals surface area (Å²) in [6.45, 7) is 5.15. The number of para-hydroxylation sites is 1. The number of carbonyl (C=O) groups excluding carboxylic acids is 1. The molecule has 168 valence electrons. The predicted octanol–water partition coefficient (Wildman–Crippen LogP) is 4.57. The maximum atomic E-state index is 13.1. The van der Waals surface area contributed by atoms with E-state index >= 15 is 0 Å². The van der Waals surface area contributed by atoms with E-state index in [1.165, 1.54) is 20.5 Å². The first-order valence-corrected chi connectivity index (χ1v) is 11.9. The van der Waals surface area contributed by atoms with E-state index in [2.05, 4.69) is 58.2 Å². The number of carbonyl (C=O) groups is 1. The van der Waals surface area contributed by atoms with Crippen molar-refractivity contribution in [3.63, 3.8) is 0 Å². The van der Waals surface area contributed by atoms with Crippen LogP contribution in [0.1, 0.15) is 10.4 Å². The molecule has 1 amide bonds. The highest BCUT2D eigenvalue weighted by Gasteiger charge is 2.24. The van der Waals surface area contributed by atoms with Crippen molar-refractivity contribution >= 4 is 33.0 Å². The Bertz CT molecular complexity index is 1280. The number of fused-ring (bicyclic) bond motifs is 1. The van der Waals surface area contributed by atoms with Gasteiger partial charge in [-0.15, -0.1) is 11.3 Å². The minimum absolute atomic E-state index is 0.209. The number of ether oxygens (including phenoxy) is 1. The van der Waals surface area contributed by atoms with Crippen molar-refractivity contribution in [2.24, 2.45) is 0 Å². The zero-order valence-corrected chi connectivity index (χ0v) is 19.6. The summed E-state index contributed by atoms with van der Waals surface area (Å²) in [5.41, 5.74) is 4.41. The molecule has 4 aromatic rings. The van der Waals surface area contributed by atoms with Crippen molar-refractivity contribution in [3.8, 4) is 17.1 Å². The zero-order chi connectivity index (χ0) is 22.8. The van der Waals surface area contributed by atoms with E-state index in [9.17, 15) is 4.79 Å². The second-order valence-corrected chi connectivity index (χ2v) is 9.30. The molecular weight excluding hydrogens is 432 g/mol. The van der Waals surface area contributed by atoms with Crippen molar-refractivity contribution in [3.05, 3.63) is 71.4 Å². The summed E-state index contributed by atoms with van der Waals surface area (Å²) in [5, 5.41) is 1.26. The van der Waals surface area contributed by atoms with Crippen LogP contribution in [0.3, 0.4) is 0 Å². The molecular formula is C26H26N4O2S. The highest BCUT2D eigenvalue weighted by Crippen LogP contribution is 2.33. The summed E-state index contributed by atoms with van der Waals surface area (Å²) in [6, 6.07) is 17.0. The third-order valence-electron chi connectivity index (χ3n) is 6.25. The van der Waals surface area contributed by atoms with Crippen LogP contribution in [-0.2, 0) is 11.2 Å². The van der Waals surface area contributed by atoms with Gasteiger partial charge in [-0.1, -0.05) is 36.4 Å². The first-order valence-electron chi connectivity index (χ1n) is 11.1. The lowest BCUT2D eigenvalue weighted by Gasteiger charge is -2.37. The molecule has 0 bridgehead atoms. The number of thiophene rings is 1. The fourth-order valence-electron chi connectivity index (χ4n) is 4.39. The van der Waals surface area contributed by atoms with Crippen LogP contribution in [0.5, 0.6) is 6.01 Å². The van der Waals surface area contributed by atoms with Crippen molar-refractivity contribution in [2.45, 2.75) is 13.3 Å². The molecule has 0 aliphatic carbocycles. The van der Waals surface area contributed by atoms with E-state index in [0.29, 0.717) is 12.4 Å². The monoisotopic (exact) mass is 458 g/mol. The first kappa shape index (κ1) is 21.4. The molecule has 1 aliphatic heterocycles. The largest absolute Gasteiger partial charge is 0.467 e. The molecule has 2 aromatic heterocycles. The number of anilines is 1. The summed E-state index contributed by atoms with van der Waals surface area (Å²) < 4.78 is 6.34. The molecule has 1 aliphatic rings. The molecule has 3 heterocycles. The average Bonchev–Trinajstić information content (AvgIpc) is 3.19. The van der Waals surface area contributed by atoms with Gasteiger partial charge < -0.3 is 14.5 Å². The molecule has 2 aromatic carbocycles. The van der Waals surface area contributed by atoms with Gasteiger partial charge in [0.1, 0.15) is 0 Å². The molecule has 0 atom stereocenters. The number of hydrogen-bond acceptors (Lipinski definition) is 6. The molecule has 0 radical (unpaired) electrons. The average molecular weight is 459 g/mol. The Labute approximate surface area is 197 Å². The zero-order valence-electron chi connectivity index (χ0n) is 18.8. The number of benzene rings is 2. The van der Waals surface area contributed by atoms with Gasteiger partial charge in [0.15, 0.2) is 0 Å². The van der Waals surface area contributed by atoms with E-state index in [1.54, 1.807) is 30.8 Å². The van der Waals surface area contributed by atoms with E-state index in [1.807, 2.05) is 17.0 Å². The summed E-state index contributed by atoms with van der Waals surface area (Å²) in [4.78, 5) is 27.1. The molecule has 0 spiro atoms. The number of nitrogens with zero attached hydrogens (tertiary/aromatic N) is 4. The number of aryl methyl sites for hydroxylation is 1. The molecule has 0 N–H and O–H groups in total. The van der Waals surface area contributed by atoms with Crippen molar-refractivity contribution in [1.29, 1.82) is 0 Å². The maximum Gasteiger partial charge on any atom is 0.316 e. The summed E-state index contributed by atoms with van der Waals surface area (Å²) >= 11 is 1.74. The summed E-state index contributed by atoms with van der Waals surface area (Å²) in [7, 11) is 1.56. The number of hydrogen-bond donors (Lipinski definition) is 0. The highest BCUT2D eigenvalue weighted by atomic mass is 32.1. The first-order chi connectivity index (χ1) is 16.1. The molecule has 5 rings (SSSR count). The van der Waals surface area contributed by atoms with Crippen LogP contribution in [0.15, 0.2) is 60.9 Å². The van der Waals surface area contributed by atoms with Crippen LogP contribution in [0, 0.1) is 6.92 Å². The molecule has 33 heavy (non-hydrogen) atoms. The minimum atomic E-state index is 0.209. The lowest BCUT2D eigenvalue weighted by atomic mass is 10.1. The third kappa shape index (κ3) is 4.28. The Morgan fingerprint density at radius 1 is 1.00 bits per heavy atom. The minimum Gasteiger partial charge on any atom is -0.467 e. The van der Waals surface area contributed by atoms with Crippen molar-refractivity contribution in [2.75, 3.05) is 38.2 Å². The van der Waals surface area contributed by atoms with Gasteiger partial charge in [-0.3, -0.25) is 4.79 Å². The standard InChI is InChI=1S/C26H26N4O2S/c1-18-20-7-4-6-10-23(20)33-24(18)15-25(31)30-13-11-29(12-14-30)22-9-5-3-8-21(22)19-16-27-26(32-2)28-17-19/h3-10,16-17H,11-15H2,1-2H3. The third-order valence-corrected chi connectivity index (χ3v) is 7.53. The SMILES string of the molecule is COc1ncc(-c2ccccc2N2CCN(C(=O)Cc3sc4ccccc4c3C)CC2)cn1. The molecule has 0 unspecified atom stereocenters. The van der Waals surface area contributed by atoms with Crippen LogP contribution in [-0.4, -0.2) is 54.1 Å². The number of aromatic nitrogens is 2. The molecule has 1 saturated heterocycles. The Hall–Kier alpha value is -3.45. The predicted molar refractivity (Wildman–Crippen MR) is 133 cm³/mol. The second-order valence-electron chi connectivity index (χ2n) is 8.17. The lowest BCUT2D eigenvalue weighted by Crippen LogP contribution is -2.49. The van der Waals surface area contributed by atoms with Gasteiger partial charge in [0, 0.05) is 65.0 Å². The Morgan fingerprint density at radius 2 is 1.70 bits per heavy atom. The Balaban J connectivity index is 1.27. The van der Waals surface area contributed by atoms with E-state index in [-0.39, 0.29) is 5.91 Å². The Morgan fingerprint density at radius 3 is 2.42 bits per heavy atom. The van der Waals surface area contributed by atoms with Gasteiger partial charge in [0.05, 0.1) is 13.5 Å². The molecule has 7 heteroatoms. The molecule has 1 fully saturated rings. The van der Waals surface area contributed by atoms with Gasteiger partial charge in [-0.25, -0.2) is 9.97 Å². The maximum absolute atomic E-state index is 13.1. The number of amides is 1. The topological polar surface area (TPSA) is 58.6 Å². The van der Waals surface area contributed by atoms with Crippen LogP contribution < -0.4 is 9.64 Å². The van der Waals surface area contributed by atoms with Crippen LogP contribution in [0.4, 0.5) is 5.69 Å². The van der Waals surface area contributed by atoms with Crippen LogP contribution in [0.2, 0.25) is 0 Å². The van der Waals surface area contributed by atoms with Gasteiger partial charge in [-0.05, 0) is 30.0 Å². The quantitative estimate of drug-likeness (QED) is 0.439. The van der Waals surface area contributed by atoms with Gasteiger partial charge in [0.2, 0.25) is 5.91 Å². The van der Waals surface area contributed by atoms with Crippen molar-refractivity contribution in [1.82, 2.24) is 14.9 Å². The van der Waals surface area contributed by atoms with E-state index < -0.39 is 0 Å². The van der Waals surface area contributed by atoms with E-state index in [0.717, 1.165) is 43.0 Å². The number of piperazine rings is 1. The molecule has 0 saturated carbocycles. The van der Waals surface area contributed by atoms with Gasteiger partial charge >= 0.3 is 6.01 Å². The number of methoxy groups -OCH3 is 1. The molecule has 6 nitrogen and oxygen atoms in total. The van der Waals surface area contributed by atoms with Crippen LogP contribution in [0.25, 0.3) is 21.2 Å². The fraction of sp³-hybridized carbons (Fsp3) is 0.269. The highest BCUT2D eigenvalue weighted by molar-refractivity contribution is 7.19. The lowest BCUT2D eigenvalue weighted by molar-refractivity contribution is -0.130. The van der Waals surface area contributed by atoms with Crippen LogP contribution >= 0.6 is 11.3 Å². The fourth-order valence-corrected chi connectivity index (χ4v) is 5.60. The Kier molecular flexibility index (Phi) is 5.96. The van der Waals surface area contributed by atoms with Gasteiger partial charge in [0.25, 0.3) is 0 Å². The number of rotatable bonds is 5. The summed E-state index contributed by atoms with van der Waals surface area (Å²) in [5.74, 6) is 0.209.